The van der Waals surface area contributed by atoms with Gasteiger partial charge in [0.05, 0.1) is 7.11 Å². The molecule has 0 aliphatic rings. The van der Waals surface area contributed by atoms with Crippen LogP contribution in [0.3, 0.4) is 0 Å². The number of hydrogen-bond donors (Lipinski definition) is 1. The first-order valence-electron chi connectivity index (χ1n) is 5.20. The first kappa shape index (κ1) is 11.1. The molecule has 0 atom stereocenters. The monoisotopic (exact) mass is 193 g/mol. The molecule has 0 spiro atoms. The van der Waals surface area contributed by atoms with Gasteiger partial charge in [-0.2, -0.15) is 0 Å². The zero-order chi connectivity index (χ0) is 10.2. The fraction of sp³-hybridized carbons (Fsp3) is 0.500. The maximum absolute atomic E-state index is 5.16. The quantitative estimate of drug-likeness (QED) is 0.700. The summed E-state index contributed by atoms with van der Waals surface area (Å²) in [5.41, 5.74) is 1.33. The van der Waals surface area contributed by atoms with Crippen molar-refractivity contribution in [3.05, 3.63) is 29.8 Å². The zero-order valence-corrected chi connectivity index (χ0v) is 9.05. The summed E-state index contributed by atoms with van der Waals surface area (Å²) in [6, 6.07) is 8.24. The van der Waals surface area contributed by atoms with Gasteiger partial charge in [0.15, 0.2) is 0 Å². The molecule has 0 aliphatic carbocycles. The Labute approximate surface area is 86.3 Å². The molecule has 1 aromatic rings. The summed E-state index contributed by atoms with van der Waals surface area (Å²) < 4.78 is 5.16. The van der Waals surface area contributed by atoms with E-state index in [0.717, 1.165) is 25.3 Å². The molecule has 2 heteroatoms. The summed E-state index contributed by atoms with van der Waals surface area (Å²) in [6.45, 7) is 4.32. The average molecular weight is 193 g/mol. The lowest BCUT2D eigenvalue weighted by molar-refractivity contribution is 0.414. The van der Waals surface area contributed by atoms with Crippen LogP contribution in [0.25, 0.3) is 0 Å². The largest absolute Gasteiger partial charge is 0.497 e. The van der Waals surface area contributed by atoms with E-state index in [2.05, 4.69) is 24.4 Å². The fourth-order valence-electron chi connectivity index (χ4n) is 1.36. The Morgan fingerprint density at radius 1 is 1.29 bits per heavy atom. The molecule has 0 unspecified atom stereocenters. The van der Waals surface area contributed by atoms with E-state index in [9.17, 15) is 0 Å². The van der Waals surface area contributed by atoms with Crippen LogP contribution in [0.4, 0.5) is 0 Å². The van der Waals surface area contributed by atoms with Crippen molar-refractivity contribution in [1.82, 2.24) is 5.32 Å². The average Bonchev–Trinajstić information content (AvgIpc) is 2.25. The molecule has 0 bridgehead atoms. The third-order valence-corrected chi connectivity index (χ3v) is 2.15. The second kappa shape index (κ2) is 6.44. The molecular formula is C12H19NO. The number of nitrogens with one attached hydrogen (secondary N) is 1. The molecule has 0 aliphatic heterocycles. The van der Waals surface area contributed by atoms with Crippen molar-refractivity contribution >= 4 is 0 Å². The summed E-state index contributed by atoms with van der Waals surface area (Å²) in [5, 5.41) is 3.38. The molecule has 0 saturated carbocycles. The van der Waals surface area contributed by atoms with Gasteiger partial charge in [-0.05, 0) is 43.6 Å². The number of ether oxygens (including phenoxy) is 1. The molecule has 78 valence electrons. The first-order chi connectivity index (χ1) is 6.86. The van der Waals surface area contributed by atoms with E-state index in [0.29, 0.717) is 0 Å². The van der Waals surface area contributed by atoms with Crippen LogP contribution < -0.4 is 10.1 Å². The van der Waals surface area contributed by atoms with E-state index in [1.54, 1.807) is 7.11 Å². The van der Waals surface area contributed by atoms with E-state index in [1.807, 2.05) is 12.1 Å². The number of hydrogen-bond acceptors (Lipinski definition) is 2. The van der Waals surface area contributed by atoms with Gasteiger partial charge >= 0.3 is 0 Å². The molecule has 0 heterocycles. The number of methoxy groups -OCH3 is 1. The highest BCUT2D eigenvalue weighted by molar-refractivity contribution is 5.28. The van der Waals surface area contributed by atoms with Gasteiger partial charge in [-0.15, -0.1) is 0 Å². The predicted octanol–water partition coefficient (Wildman–Crippen LogP) is 2.24. The Morgan fingerprint density at radius 3 is 2.86 bits per heavy atom. The van der Waals surface area contributed by atoms with Crippen LogP contribution in [0.1, 0.15) is 18.9 Å². The van der Waals surface area contributed by atoms with Crippen LogP contribution in [0, 0.1) is 0 Å². The van der Waals surface area contributed by atoms with E-state index in [4.69, 9.17) is 4.74 Å². The Balaban J connectivity index is 2.34. The highest BCUT2D eigenvalue weighted by Crippen LogP contribution is 2.12. The molecule has 2 nitrogen and oxygen atoms in total. The maximum Gasteiger partial charge on any atom is 0.119 e. The van der Waals surface area contributed by atoms with E-state index < -0.39 is 0 Å². The van der Waals surface area contributed by atoms with Crippen LogP contribution in [-0.4, -0.2) is 20.2 Å². The summed E-state index contributed by atoms with van der Waals surface area (Å²) in [5.74, 6) is 0.943. The Hall–Kier alpha value is -1.02. The second-order valence-corrected chi connectivity index (χ2v) is 3.35. The van der Waals surface area contributed by atoms with Gasteiger partial charge in [0, 0.05) is 0 Å². The lowest BCUT2D eigenvalue weighted by atomic mass is 10.1. The van der Waals surface area contributed by atoms with Gasteiger partial charge in [0.25, 0.3) is 0 Å². The van der Waals surface area contributed by atoms with E-state index in [-0.39, 0.29) is 0 Å². The third-order valence-electron chi connectivity index (χ3n) is 2.15. The molecule has 0 saturated heterocycles. The lowest BCUT2D eigenvalue weighted by Crippen LogP contribution is -2.17. The highest BCUT2D eigenvalue weighted by atomic mass is 16.5. The topological polar surface area (TPSA) is 21.3 Å². The van der Waals surface area contributed by atoms with Gasteiger partial charge in [-0.1, -0.05) is 19.1 Å². The minimum absolute atomic E-state index is 0.943. The number of rotatable bonds is 6. The molecule has 1 rings (SSSR count). The highest BCUT2D eigenvalue weighted by Gasteiger charge is 1.94. The third kappa shape index (κ3) is 3.79. The SMILES string of the molecule is CCCNCCc1cccc(OC)c1. The van der Waals surface area contributed by atoms with Crippen molar-refractivity contribution < 1.29 is 4.74 Å². The normalized spacial score (nSPS) is 10.1. The van der Waals surface area contributed by atoms with Crippen LogP contribution in [0.5, 0.6) is 5.75 Å². The summed E-state index contributed by atoms with van der Waals surface area (Å²) in [7, 11) is 1.70. The molecule has 0 amide bonds. The van der Waals surface area contributed by atoms with Crippen molar-refractivity contribution in [2.45, 2.75) is 19.8 Å². The van der Waals surface area contributed by atoms with Crippen molar-refractivity contribution in [2.75, 3.05) is 20.2 Å². The second-order valence-electron chi connectivity index (χ2n) is 3.35. The molecule has 14 heavy (non-hydrogen) atoms. The van der Waals surface area contributed by atoms with Gasteiger partial charge < -0.3 is 10.1 Å². The van der Waals surface area contributed by atoms with E-state index in [1.165, 1.54) is 12.0 Å². The summed E-state index contributed by atoms with van der Waals surface area (Å²) in [4.78, 5) is 0. The Kier molecular flexibility index (Phi) is 5.08. The van der Waals surface area contributed by atoms with Gasteiger partial charge in [-0.25, -0.2) is 0 Å². The van der Waals surface area contributed by atoms with Crippen molar-refractivity contribution in [3.8, 4) is 5.75 Å². The standard InChI is InChI=1S/C12H19NO/c1-3-8-13-9-7-11-5-4-6-12(10-11)14-2/h4-6,10,13H,3,7-9H2,1-2H3. The molecular weight excluding hydrogens is 174 g/mol. The number of benzene rings is 1. The predicted molar refractivity (Wildman–Crippen MR) is 59.9 cm³/mol. The minimum Gasteiger partial charge on any atom is -0.497 e. The molecule has 0 aromatic heterocycles. The van der Waals surface area contributed by atoms with Crippen LogP contribution in [0.15, 0.2) is 24.3 Å². The summed E-state index contributed by atoms with van der Waals surface area (Å²) in [6.07, 6.45) is 2.26. The van der Waals surface area contributed by atoms with Gasteiger partial charge in [0.2, 0.25) is 0 Å². The van der Waals surface area contributed by atoms with Crippen LogP contribution >= 0.6 is 0 Å². The summed E-state index contributed by atoms with van der Waals surface area (Å²) >= 11 is 0. The van der Waals surface area contributed by atoms with Crippen molar-refractivity contribution in [3.63, 3.8) is 0 Å². The lowest BCUT2D eigenvalue weighted by Gasteiger charge is -2.05. The maximum atomic E-state index is 5.16. The van der Waals surface area contributed by atoms with Crippen LogP contribution in [0.2, 0.25) is 0 Å². The first-order valence-corrected chi connectivity index (χ1v) is 5.20. The fourth-order valence-corrected chi connectivity index (χ4v) is 1.36. The van der Waals surface area contributed by atoms with E-state index >= 15 is 0 Å². The molecule has 1 N–H and O–H groups in total. The van der Waals surface area contributed by atoms with Gasteiger partial charge in [0.1, 0.15) is 5.75 Å². The van der Waals surface area contributed by atoms with Gasteiger partial charge in [-0.3, -0.25) is 0 Å². The smallest absolute Gasteiger partial charge is 0.119 e. The molecule has 0 radical (unpaired) electrons. The molecule has 0 fully saturated rings. The Bertz CT molecular complexity index is 260. The molecule has 1 aromatic carbocycles. The zero-order valence-electron chi connectivity index (χ0n) is 9.05. The van der Waals surface area contributed by atoms with Crippen molar-refractivity contribution in [1.29, 1.82) is 0 Å². The minimum atomic E-state index is 0.943. The Morgan fingerprint density at radius 2 is 2.14 bits per heavy atom. The van der Waals surface area contributed by atoms with Crippen LogP contribution in [-0.2, 0) is 6.42 Å². The van der Waals surface area contributed by atoms with Crippen molar-refractivity contribution in [2.24, 2.45) is 0 Å².